The van der Waals surface area contributed by atoms with E-state index in [0.29, 0.717) is 0 Å². The maximum atomic E-state index is 5.94. The standard InChI is InChI=1S/C11H18N4O/c1-3-16-9-6-8(12)11(9)15-10-4-5-13-7(2)14-10/h4-5,8-9,11H,3,6,12H2,1-2H3,(H,13,14,15). The van der Waals surface area contributed by atoms with E-state index in [2.05, 4.69) is 15.3 Å². The van der Waals surface area contributed by atoms with Crippen LogP contribution in [0.4, 0.5) is 5.82 Å². The van der Waals surface area contributed by atoms with Crippen LogP contribution in [0.3, 0.4) is 0 Å². The van der Waals surface area contributed by atoms with Crippen molar-refractivity contribution in [1.82, 2.24) is 9.97 Å². The molecular formula is C11H18N4O. The van der Waals surface area contributed by atoms with Crippen molar-refractivity contribution in [2.45, 2.75) is 38.5 Å². The van der Waals surface area contributed by atoms with Crippen molar-refractivity contribution in [3.05, 3.63) is 18.1 Å². The molecule has 0 aliphatic heterocycles. The van der Waals surface area contributed by atoms with Gasteiger partial charge in [0.05, 0.1) is 12.1 Å². The second kappa shape index (κ2) is 4.76. The van der Waals surface area contributed by atoms with E-state index in [1.165, 1.54) is 0 Å². The number of ether oxygens (including phenoxy) is 1. The van der Waals surface area contributed by atoms with Gasteiger partial charge in [-0.05, 0) is 26.3 Å². The minimum atomic E-state index is 0.145. The normalized spacial score (nSPS) is 28.6. The van der Waals surface area contributed by atoms with Crippen LogP contribution in [0, 0.1) is 6.92 Å². The lowest BCUT2D eigenvalue weighted by Gasteiger charge is -2.42. The Morgan fingerprint density at radius 1 is 1.62 bits per heavy atom. The maximum absolute atomic E-state index is 5.94. The van der Waals surface area contributed by atoms with Gasteiger partial charge >= 0.3 is 0 Å². The Balaban J connectivity index is 1.98. The Hall–Kier alpha value is -1.20. The van der Waals surface area contributed by atoms with E-state index in [0.717, 1.165) is 24.7 Å². The predicted molar refractivity (Wildman–Crippen MR) is 62.2 cm³/mol. The smallest absolute Gasteiger partial charge is 0.130 e. The molecule has 1 saturated carbocycles. The summed E-state index contributed by atoms with van der Waals surface area (Å²) in [4.78, 5) is 8.34. The number of nitrogens with two attached hydrogens (primary N) is 1. The van der Waals surface area contributed by atoms with Crippen LogP contribution in [0.1, 0.15) is 19.2 Å². The first-order chi connectivity index (χ1) is 7.70. The Bertz CT molecular complexity index is 356. The van der Waals surface area contributed by atoms with Gasteiger partial charge < -0.3 is 15.8 Å². The molecule has 3 unspecified atom stereocenters. The summed E-state index contributed by atoms with van der Waals surface area (Å²) in [7, 11) is 0. The molecule has 5 nitrogen and oxygen atoms in total. The Kier molecular flexibility index (Phi) is 3.36. The fraction of sp³-hybridized carbons (Fsp3) is 0.636. The number of rotatable bonds is 4. The number of aromatic nitrogens is 2. The molecule has 1 fully saturated rings. The number of nitrogens with zero attached hydrogens (tertiary/aromatic N) is 2. The molecule has 3 atom stereocenters. The third-order valence-electron chi connectivity index (χ3n) is 2.84. The molecule has 1 aliphatic rings. The number of hydrogen-bond donors (Lipinski definition) is 2. The molecule has 5 heteroatoms. The highest BCUT2D eigenvalue weighted by Crippen LogP contribution is 2.25. The van der Waals surface area contributed by atoms with E-state index < -0.39 is 0 Å². The topological polar surface area (TPSA) is 73.1 Å². The quantitative estimate of drug-likeness (QED) is 0.784. The zero-order chi connectivity index (χ0) is 11.5. The van der Waals surface area contributed by atoms with Gasteiger partial charge in [0, 0.05) is 18.8 Å². The summed E-state index contributed by atoms with van der Waals surface area (Å²) < 4.78 is 5.58. The molecule has 0 aromatic carbocycles. The van der Waals surface area contributed by atoms with Crippen LogP contribution in [-0.2, 0) is 4.74 Å². The van der Waals surface area contributed by atoms with Crippen LogP contribution < -0.4 is 11.1 Å². The van der Waals surface area contributed by atoms with Crippen molar-refractivity contribution in [2.75, 3.05) is 11.9 Å². The molecule has 1 aromatic heterocycles. The largest absolute Gasteiger partial charge is 0.376 e. The Labute approximate surface area is 95.4 Å². The molecule has 88 valence electrons. The fourth-order valence-corrected chi connectivity index (χ4v) is 1.93. The van der Waals surface area contributed by atoms with E-state index in [4.69, 9.17) is 10.5 Å². The average molecular weight is 222 g/mol. The predicted octanol–water partition coefficient (Wildman–Crippen LogP) is 0.702. The van der Waals surface area contributed by atoms with Gasteiger partial charge in [0.15, 0.2) is 0 Å². The molecule has 0 radical (unpaired) electrons. The number of aryl methyl sites for hydroxylation is 1. The van der Waals surface area contributed by atoms with Crippen molar-refractivity contribution in [3.63, 3.8) is 0 Å². The van der Waals surface area contributed by atoms with Crippen LogP contribution >= 0.6 is 0 Å². The van der Waals surface area contributed by atoms with Crippen LogP contribution in [-0.4, -0.2) is 34.8 Å². The van der Waals surface area contributed by atoms with E-state index in [1.54, 1.807) is 6.20 Å². The zero-order valence-corrected chi connectivity index (χ0v) is 9.68. The van der Waals surface area contributed by atoms with E-state index in [-0.39, 0.29) is 18.2 Å². The highest BCUT2D eigenvalue weighted by molar-refractivity contribution is 5.36. The van der Waals surface area contributed by atoms with Crippen LogP contribution in [0.25, 0.3) is 0 Å². The fourth-order valence-electron chi connectivity index (χ4n) is 1.93. The summed E-state index contributed by atoms with van der Waals surface area (Å²) in [5.41, 5.74) is 5.94. The summed E-state index contributed by atoms with van der Waals surface area (Å²) in [6, 6.07) is 2.15. The summed E-state index contributed by atoms with van der Waals surface area (Å²) in [5.74, 6) is 1.57. The molecular weight excluding hydrogens is 204 g/mol. The van der Waals surface area contributed by atoms with Crippen molar-refractivity contribution in [3.8, 4) is 0 Å². The third kappa shape index (κ3) is 2.31. The highest BCUT2D eigenvalue weighted by atomic mass is 16.5. The molecule has 0 spiro atoms. The first kappa shape index (κ1) is 11.3. The maximum Gasteiger partial charge on any atom is 0.130 e. The van der Waals surface area contributed by atoms with E-state index in [9.17, 15) is 0 Å². The lowest BCUT2D eigenvalue weighted by Crippen LogP contribution is -2.60. The second-order valence-corrected chi connectivity index (χ2v) is 4.05. The highest BCUT2D eigenvalue weighted by Gasteiger charge is 2.39. The van der Waals surface area contributed by atoms with Crippen LogP contribution in [0.5, 0.6) is 0 Å². The van der Waals surface area contributed by atoms with Crippen molar-refractivity contribution >= 4 is 5.82 Å². The van der Waals surface area contributed by atoms with Gasteiger partial charge in [0.1, 0.15) is 11.6 Å². The van der Waals surface area contributed by atoms with Gasteiger partial charge in [0.2, 0.25) is 0 Å². The lowest BCUT2D eigenvalue weighted by molar-refractivity contribution is -0.0127. The Morgan fingerprint density at radius 3 is 3.06 bits per heavy atom. The second-order valence-electron chi connectivity index (χ2n) is 4.05. The molecule has 0 bridgehead atoms. The average Bonchev–Trinajstić information content (AvgIpc) is 2.26. The molecule has 16 heavy (non-hydrogen) atoms. The van der Waals surface area contributed by atoms with Gasteiger partial charge in [-0.15, -0.1) is 0 Å². The lowest BCUT2D eigenvalue weighted by atomic mass is 9.83. The number of nitrogens with one attached hydrogen (secondary N) is 1. The SMILES string of the molecule is CCOC1CC(N)C1Nc1ccnc(C)n1. The summed E-state index contributed by atoms with van der Waals surface area (Å²) in [6.45, 7) is 4.58. The van der Waals surface area contributed by atoms with Gasteiger partial charge in [-0.2, -0.15) is 0 Å². The molecule has 0 saturated heterocycles. The van der Waals surface area contributed by atoms with Gasteiger partial charge in [-0.3, -0.25) is 0 Å². The number of anilines is 1. The van der Waals surface area contributed by atoms with Crippen molar-refractivity contribution in [2.24, 2.45) is 5.73 Å². The molecule has 1 aromatic rings. The molecule has 1 aliphatic carbocycles. The minimum absolute atomic E-state index is 0.145. The molecule has 3 N–H and O–H groups in total. The summed E-state index contributed by atoms with van der Waals surface area (Å²) in [5, 5.41) is 3.30. The minimum Gasteiger partial charge on any atom is -0.376 e. The van der Waals surface area contributed by atoms with E-state index in [1.807, 2.05) is 19.9 Å². The summed E-state index contributed by atoms with van der Waals surface area (Å²) in [6.07, 6.45) is 2.86. The summed E-state index contributed by atoms with van der Waals surface area (Å²) >= 11 is 0. The first-order valence-electron chi connectivity index (χ1n) is 5.64. The van der Waals surface area contributed by atoms with Gasteiger partial charge in [-0.25, -0.2) is 9.97 Å². The van der Waals surface area contributed by atoms with Crippen molar-refractivity contribution < 1.29 is 4.74 Å². The van der Waals surface area contributed by atoms with Gasteiger partial charge in [0.25, 0.3) is 0 Å². The van der Waals surface area contributed by atoms with Crippen molar-refractivity contribution in [1.29, 1.82) is 0 Å². The van der Waals surface area contributed by atoms with E-state index >= 15 is 0 Å². The molecule has 0 amide bonds. The third-order valence-corrected chi connectivity index (χ3v) is 2.84. The molecule has 1 heterocycles. The monoisotopic (exact) mass is 222 g/mol. The first-order valence-corrected chi connectivity index (χ1v) is 5.64. The number of hydrogen-bond acceptors (Lipinski definition) is 5. The molecule has 2 rings (SSSR count). The van der Waals surface area contributed by atoms with Crippen LogP contribution in [0.15, 0.2) is 12.3 Å². The zero-order valence-electron chi connectivity index (χ0n) is 9.68. The Morgan fingerprint density at radius 2 is 2.44 bits per heavy atom. The van der Waals surface area contributed by atoms with Gasteiger partial charge in [-0.1, -0.05) is 0 Å². The van der Waals surface area contributed by atoms with Crippen LogP contribution in [0.2, 0.25) is 0 Å².